The second kappa shape index (κ2) is 8.84. The average molecular weight is 491 g/mol. The van der Waals surface area contributed by atoms with Crippen molar-refractivity contribution in [2.24, 2.45) is 10.2 Å². The van der Waals surface area contributed by atoms with Gasteiger partial charge in [0.05, 0.1) is 40.9 Å². The minimum absolute atomic E-state index is 0.313. The molecule has 172 valence electrons. The number of aromatic nitrogens is 4. The molecule has 0 saturated carbocycles. The lowest BCUT2D eigenvalue weighted by Gasteiger charge is -2.04. The zero-order chi connectivity index (χ0) is 23.8. The van der Waals surface area contributed by atoms with Crippen LogP contribution in [-0.2, 0) is 0 Å². The van der Waals surface area contributed by atoms with Gasteiger partial charge in [-0.1, -0.05) is 6.07 Å². The number of hydrazone groups is 2. The summed E-state index contributed by atoms with van der Waals surface area (Å²) < 4.78 is 4.09. The first-order chi connectivity index (χ1) is 16.4. The molecule has 0 spiro atoms. The Bertz CT molecular complexity index is 1580. The molecule has 0 unspecified atom stereocenters. The summed E-state index contributed by atoms with van der Waals surface area (Å²) in [6.45, 7) is 7.94. The third-order valence-corrected chi connectivity index (χ3v) is 7.25. The lowest BCUT2D eigenvalue weighted by atomic mass is 10.2. The van der Waals surface area contributed by atoms with Gasteiger partial charge in [0.1, 0.15) is 0 Å². The molecule has 4 aromatic heterocycles. The van der Waals surface area contributed by atoms with E-state index in [2.05, 4.69) is 40.8 Å². The van der Waals surface area contributed by atoms with Crippen LogP contribution in [0.3, 0.4) is 0 Å². The zero-order valence-corrected chi connectivity index (χ0v) is 20.7. The monoisotopic (exact) mass is 490 g/mol. The van der Waals surface area contributed by atoms with Gasteiger partial charge in [-0.15, -0.1) is 22.7 Å². The van der Waals surface area contributed by atoms with Crippen molar-refractivity contribution in [2.75, 3.05) is 5.43 Å². The number of aryl methyl sites for hydroxylation is 4. The second-order valence-electron chi connectivity index (χ2n) is 7.80. The highest BCUT2D eigenvalue weighted by Crippen LogP contribution is 2.20. The highest BCUT2D eigenvalue weighted by molar-refractivity contribution is 7.15. The van der Waals surface area contributed by atoms with Gasteiger partial charge >= 0.3 is 0 Å². The van der Waals surface area contributed by atoms with E-state index in [1.165, 1.54) is 0 Å². The number of carbonyl (C=O) groups excluding carboxylic acids is 1. The van der Waals surface area contributed by atoms with E-state index in [4.69, 9.17) is 0 Å². The molecule has 0 saturated heterocycles. The normalized spacial score (nSPS) is 12.0. The van der Waals surface area contributed by atoms with Gasteiger partial charge in [-0.2, -0.15) is 10.2 Å². The molecular weight excluding hydrogens is 468 g/mol. The molecule has 0 atom stereocenters. The van der Waals surface area contributed by atoms with Gasteiger partial charge in [-0.3, -0.25) is 19.0 Å². The first-order valence-corrected chi connectivity index (χ1v) is 12.3. The summed E-state index contributed by atoms with van der Waals surface area (Å²) in [4.78, 5) is 23.6. The topological polar surface area (TPSA) is 100 Å². The maximum Gasteiger partial charge on any atom is 0.271 e. The highest BCUT2D eigenvalue weighted by Gasteiger charge is 2.12. The van der Waals surface area contributed by atoms with Crippen LogP contribution in [0.4, 0.5) is 5.69 Å². The van der Waals surface area contributed by atoms with Crippen molar-refractivity contribution in [1.82, 2.24) is 24.2 Å². The lowest BCUT2D eigenvalue weighted by molar-refractivity contribution is 0.0955. The largest absolute Gasteiger partial charge is 0.286 e. The zero-order valence-electron chi connectivity index (χ0n) is 19.0. The summed E-state index contributed by atoms with van der Waals surface area (Å²) in [7, 11) is 0. The van der Waals surface area contributed by atoms with Gasteiger partial charge < -0.3 is 0 Å². The Labute approximate surface area is 203 Å². The quantitative estimate of drug-likeness (QED) is 0.269. The molecule has 34 heavy (non-hydrogen) atoms. The van der Waals surface area contributed by atoms with Crippen LogP contribution in [0, 0.1) is 27.7 Å². The maximum atomic E-state index is 12.6. The Hall–Kier alpha value is -3.83. The summed E-state index contributed by atoms with van der Waals surface area (Å²) in [6.07, 6.45) is 3.37. The molecule has 0 fully saturated rings. The van der Waals surface area contributed by atoms with Crippen molar-refractivity contribution < 1.29 is 4.79 Å². The van der Waals surface area contributed by atoms with Crippen molar-refractivity contribution >= 4 is 56.6 Å². The van der Waals surface area contributed by atoms with Crippen molar-refractivity contribution in [3.63, 3.8) is 0 Å². The summed E-state index contributed by atoms with van der Waals surface area (Å²) in [6, 6.07) is 7.09. The number of thiazole rings is 2. The third kappa shape index (κ3) is 3.99. The standard InChI is InChI=1S/C23H22N8OS2/c1-13-11-33-22-26-15(3)19(30(13)22)9-24-28-18-7-5-6-17(8-18)21(32)29-25-10-20-16(4)27-23-31(20)14(2)12-34-23/h5-12,28H,1-4H3,(H,29,32)/b24-9+,25-10+. The number of fused-ring (bicyclic) bond motifs is 2. The number of amides is 1. The van der Waals surface area contributed by atoms with Gasteiger partial charge in [0, 0.05) is 27.7 Å². The van der Waals surface area contributed by atoms with Crippen LogP contribution in [0.5, 0.6) is 0 Å². The Balaban J connectivity index is 1.27. The van der Waals surface area contributed by atoms with Gasteiger partial charge in [0.25, 0.3) is 5.91 Å². The fourth-order valence-corrected chi connectivity index (χ4v) is 5.51. The molecule has 0 aliphatic carbocycles. The summed E-state index contributed by atoms with van der Waals surface area (Å²) >= 11 is 3.18. The molecule has 5 rings (SSSR count). The number of hydrogen-bond acceptors (Lipinski definition) is 8. The number of carbonyl (C=O) groups is 1. The third-order valence-electron chi connectivity index (χ3n) is 5.37. The van der Waals surface area contributed by atoms with E-state index in [9.17, 15) is 4.79 Å². The number of rotatable bonds is 6. The molecule has 4 heterocycles. The lowest BCUT2D eigenvalue weighted by Crippen LogP contribution is -2.18. The number of nitrogens with one attached hydrogen (secondary N) is 2. The molecule has 0 bridgehead atoms. The van der Waals surface area contributed by atoms with Crippen LogP contribution < -0.4 is 10.9 Å². The molecular formula is C23H22N8OS2. The van der Waals surface area contributed by atoms with Crippen molar-refractivity contribution in [1.29, 1.82) is 0 Å². The molecule has 9 nitrogen and oxygen atoms in total. The van der Waals surface area contributed by atoms with E-state index in [1.807, 2.05) is 43.5 Å². The van der Waals surface area contributed by atoms with Gasteiger partial charge in [0.2, 0.25) is 0 Å². The Morgan fingerprint density at radius 2 is 1.50 bits per heavy atom. The first kappa shape index (κ1) is 22.0. The average Bonchev–Trinajstić information content (AvgIpc) is 3.53. The Morgan fingerprint density at radius 1 is 0.912 bits per heavy atom. The van der Waals surface area contributed by atoms with Crippen molar-refractivity contribution in [2.45, 2.75) is 27.7 Å². The Kier molecular flexibility index (Phi) is 5.72. The molecule has 1 amide bonds. The summed E-state index contributed by atoms with van der Waals surface area (Å²) in [5.74, 6) is -0.313. The minimum atomic E-state index is -0.313. The van der Waals surface area contributed by atoms with Crippen LogP contribution >= 0.6 is 22.7 Å². The molecule has 0 aliphatic heterocycles. The van der Waals surface area contributed by atoms with E-state index in [1.54, 1.807) is 53.3 Å². The second-order valence-corrected chi connectivity index (χ2v) is 9.48. The molecule has 11 heteroatoms. The first-order valence-electron chi connectivity index (χ1n) is 10.5. The number of anilines is 1. The van der Waals surface area contributed by atoms with E-state index in [-0.39, 0.29) is 5.91 Å². The molecule has 5 aromatic rings. The summed E-state index contributed by atoms with van der Waals surface area (Å²) in [5, 5.41) is 12.6. The predicted molar refractivity (Wildman–Crippen MR) is 138 cm³/mol. The van der Waals surface area contributed by atoms with Crippen molar-refractivity contribution in [3.05, 3.63) is 74.8 Å². The number of benzene rings is 1. The van der Waals surface area contributed by atoms with E-state index in [0.717, 1.165) is 44.1 Å². The van der Waals surface area contributed by atoms with E-state index in [0.29, 0.717) is 11.3 Å². The maximum absolute atomic E-state index is 12.6. The minimum Gasteiger partial charge on any atom is -0.286 e. The van der Waals surface area contributed by atoms with Crippen LogP contribution in [0.2, 0.25) is 0 Å². The molecule has 0 aliphatic rings. The van der Waals surface area contributed by atoms with Crippen LogP contribution in [0.15, 0.2) is 45.2 Å². The van der Waals surface area contributed by atoms with Gasteiger partial charge in [-0.25, -0.2) is 15.4 Å². The fraction of sp³-hybridized carbons (Fsp3) is 0.174. The SMILES string of the molecule is Cc1nc2scc(C)n2c1/C=N/NC(=O)c1cccc(N/N=C/c2c(C)nc3scc(C)n23)c1. The smallest absolute Gasteiger partial charge is 0.271 e. The number of nitrogens with zero attached hydrogens (tertiary/aromatic N) is 6. The van der Waals surface area contributed by atoms with E-state index >= 15 is 0 Å². The molecule has 0 radical (unpaired) electrons. The predicted octanol–water partition coefficient (Wildman–Crippen LogP) is 4.55. The van der Waals surface area contributed by atoms with Crippen molar-refractivity contribution in [3.8, 4) is 0 Å². The number of hydrogen-bond donors (Lipinski definition) is 2. The molecule has 1 aromatic carbocycles. The van der Waals surface area contributed by atoms with Gasteiger partial charge in [0.15, 0.2) is 9.92 Å². The fourth-order valence-electron chi connectivity index (χ4n) is 3.67. The number of imidazole rings is 2. The van der Waals surface area contributed by atoms with Crippen LogP contribution in [-0.4, -0.2) is 37.1 Å². The molecule has 2 N–H and O–H groups in total. The van der Waals surface area contributed by atoms with Crippen LogP contribution in [0.25, 0.3) is 9.92 Å². The van der Waals surface area contributed by atoms with Gasteiger partial charge in [-0.05, 0) is 45.9 Å². The van der Waals surface area contributed by atoms with Crippen LogP contribution in [0.1, 0.15) is 44.5 Å². The highest BCUT2D eigenvalue weighted by atomic mass is 32.1. The summed E-state index contributed by atoms with van der Waals surface area (Å²) in [5.41, 5.74) is 12.5. The Morgan fingerprint density at radius 3 is 2.12 bits per heavy atom. The van der Waals surface area contributed by atoms with E-state index < -0.39 is 0 Å².